The summed E-state index contributed by atoms with van der Waals surface area (Å²) in [5.74, 6) is 0.974. The van der Waals surface area contributed by atoms with Gasteiger partial charge >= 0.3 is 0 Å². The monoisotopic (exact) mass is 300 g/mol. The van der Waals surface area contributed by atoms with Gasteiger partial charge in [-0.05, 0) is 44.1 Å². The molecule has 1 aromatic heterocycles. The van der Waals surface area contributed by atoms with E-state index in [0.29, 0.717) is 12.5 Å². The van der Waals surface area contributed by atoms with Crippen LogP contribution in [0.2, 0.25) is 0 Å². The molecule has 5 heteroatoms. The highest BCUT2D eigenvalue weighted by molar-refractivity contribution is 5.34. The molecular formula is C17H21FN4. The Hall–Kier alpha value is -2.01. The first-order valence-corrected chi connectivity index (χ1v) is 7.69. The maximum atomic E-state index is 13.2. The third kappa shape index (κ3) is 3.80. The van der Waals surface area contributed by atoms with Crippen molar-refractivity contribution in [3.63, 3.8) is 0 Å². The second-order valence-corrected chi connectivity index (χ2v) is 5.91. The summed E-state index contributed by atoms with van der Waals surface area (Å²) in [5.41, 5.74) is 1.93. The van der Waals surface area contributed by atoms with Gasteiger partial charge in [0.1, 0.15) is 11.6 Å². The molecule has 116 valence electrons. The first kappa shape index (κ1) is 14.9. The van der Waals surface area contributed by atoms with Crippen molar-refractivity contribution in [2.75, 3.05) is 25.5 Å². The zero-order chi connectivity index (χ0) is 15.4. The lowest BCUT2D eigenvalue weighted by Gasteiger charge is -2.29. The highest BCUT2D eigenvalue weighted by Gasteiger charge is 2.20. The SMILES string of the molecule is CN1CCC[C@@H](c2cncc(NCc3cccc(F)c3)n2)C1. The van der Waals surface area contributed by atoms with Crippen LogP contribution in [-0.2, 0) is 6.54 Å². The van der Waals surface area contributed by atoms with E-state index in [0.717, 1.165) is 36.6 Å². The molecule has 1 N–H and O–H groups in total. The molecule has 0 unspecified atom stereocenters. The highest BCUT2D eigenvalue weighted by Crippen LogP contribution is 2.25. The molecule has 22 heavy (non-hydrogen) atoms. The van der Waals surface area contributed by atoms with Gasteiger partial charge in [0, 0.05) is 25.2 Å². The molecule has 0 aliphatic carbocycles. The average Bonchev–Trinajstić information content (AvgIpc) is 2.53. The van der Waals surface area contributed by atoms with Gasteiger partial charge in [-0.1, -0.05) is 12.1 Å². The number of piperidine rings is 1. The summed E-state index contributed by atoms with van der Waals surface area (Å²) in [5, 5.41) is 3.22. The van der Waals surface area contributed by atoms with E-state index in [1.165, 1.54) is 18.6 Å². The molecule has 1 saturated heterocycles. The van der Waals surface area contributed by atoms with Crippen LogP contribution in [0.25, 0.3) is 0 Å². The standard InChI is InChI=1S/C17H21FN4/c1-22-7-3-5-14(12-22)16-10-19-11-17(21-16)20-9-13-4-2-6-15(18)8-13/h2,4,6,8,10-11,14H,3,5,7,9,12H2,1H3,(H,20,21)/t14-/m1/s1. The molecule has 1 fully saturated rings. The second kappa shape index (κ2) is 6.83. The Morgan fingerprint density at radius 1 is 1.36 bits per heavy atom. The van der Waals surface area contributed by atoms with Crippen molar-refractivity contribution in [3.8, 4) is 0 Å². The number of likely N-dealkylation sites (tertiary alicyclic amines) is 1. The van der Waals surface area contributed by atoms with E-state index in [2.05, 4.69) is 27.2 Å². The molecule has 0 amide bonds. The van der Waals surface area contributed by atoms with Crippen molar-refractivity contribution in [1.29, 1.82) is 0 Å². The predicted octanol–water partition coefficient (Wildman–Crippen LogP) is 3.04. The number of hydrogen-bond donors (Lipinski definition) is 1. The van der Waals surface area contributed by atoms with Gasteiger partial charge in [0.2, 0.25) is 0 Å². The Morgan fingerprint density at radius 3 is 3.09 bits per heavy atom. The lowest BCUT2D eigenvalue weighted by atomic mass is 9.95. The third-order valence-corrected chi connectivity index (χ3v) is 4.06. The van der Waals surface area contributed by atoms with Gasteiger partial charge in [0.05, 0.1) is 11.9 Å². The molecule has 2 heterocycles. The van der Waals surface area contributed by atoms with Gasteiger partial charge in [-0.2, -0.15) is 0 Å². The van der Waals surface area contributed by atoms with Crippen LogP contribution in [0.15, 0.2) is 36.7 Å². The lowest BCUT2D eigenvalue weighted by Crippen LogP contribution is -2.31. The number of nitrogens with one attached hydrogen (secondary N) is 1. The van der Waals surface area contributed by atoms with Crippen LogP contribution in [0.4, 0.5) is 10.2 Å². The van der Waals surface area contributed by atoms with Crippen LogP contribution in [-0.4, -0.2) is 35.0 Å². The minimum absolute atomic E-state index is 0.218. The van der Waals surface area contributed by atoms with Crippen molar-refractivity contribution < 1.29 is 4.39 Å². The maximum Gasteiger partial charge on any atom is 0.145 e. The van der Waals surface area contributed by atoms with Crippen molar-refractivity contribution in [1.82, 2.24) is 14.9 Å². The fraction of sp³-hybridized carbons (Fsp3) is 0.412. The number of nitrogens with zero attached hydrogens (tertiary/aromatic N) is 3. The van der Waals surface area contributed by atoms with E-state index >= 15 is 0 Å². The molecule has 2 aromatic rings. The number of anilines is 1. The number of likely N-dealkylation sites (N-methyl/N-ethyl adjacent to an activating group) is 1. The Labute approximate surface area is 130 Å². The molecule has 0 saturated carbocycles. The molecule has 3 rings (SSSR count). The molecule has 0 bridgehead atoms. The topological polar surface area (TPSA) is 41.1 Å². The van der Waals surface area contributed by atoms with Gasteiger partial charge in [0.15, 0.2) is 0 Å². The minimum Gasteiger partial charge on any atom is -0.365 e. The van der Waals surface area contributed by atoms with Crippen LogP contribution < -0.4 is 5.32 Å². The van der Waals surface area contributed by atoms with E-state index in [9.17, 15) is 4.39 Å². The van der Waals surface area contributed by atoms with Crippen molar-refractivity contribution in [2.24, 2.45) is 0 Å². The molecule has 1 aliphatic heterocycles. The smallest absolute Gasteiger partial charge is 0.145 e. The Kier molecular flexibility index (Phi) is 4.63. The molecule has 0 radical (unpaired) electrons. The van der Waals surface area contributed by atoms with Gasteiger partial charge in [0.25, 0.3) is 0 Å². The van der Waals surface area contributed by atoms with Crippen LogP contribution in [0.1, 0.15) is 30.0 Å². The van der Waals surface area contributed by atoms with Crippen molar-refractivity contribution in [3.05, 3.63) is 53.7 Å². The van der Waals surface area contributed by atoms with E-state index in [1.54, 1.807) is 12.3 Å². The number of benzene rings is 1. The van der Waals surface area contributed by atoms with E-state index in [1.807, 2.05) is 12.3 Å². The van der Waals surface area contributed by atoms with Crippen LogP contribution in [0.3, 0.4) is 0 Å². The van der Waals surface area contributed by atoms with Gasteiger partial charge in [-0.3, -0.25) is 4.98 Å². The fourth-order valence-electron chi connectivity index (χ4n) is 2.91. The van der Waals surface area contributed by atoms with E-state index < -0.39 is 0 Å². The number of halogens is 1. The Balaban J connectivity index is 1.66. The summed E-state index contributed by atoms with van der Waals surface area (Å²) in [6, 6.07) is 6.58. The van der Waals surface area contributed by atoms with E-state index in [4.69, 9.17) is 0 Å². The first-order chi connectivity index (χ1) is 10.7. The quantitative estimate of drug-likeness (QED) is 0.942. The summed E-state index contributed by atoms with van der Waals surface area (Å²) in [6.07, 6.45) is 5.93. The summed E-state index contributed by atoms with van der Waals surface area (Å²) in [6.45, 7) is 2.73. The number of aromatic nitrogens is 2. The summed E-state index contributed by atoms with van der Waals surface area (Å²) >= 11 is 0. The lowest BCUT2D eigenvalue weighted by molar-refractivity contribution is 0.248. The molecule has 1 atom stereocenters. The minimum atomic E-state index is -0.218. The first-order valence-electron chi connectivity index (χ1n) is 7.69. The van der Waals surface area contributed by atoms with Crippen LogP contribution in [0, 0.1) is 5.82 Å². The van der Waals surface area contributed by atoms with Crippen LogP contribution >= 0.6 is 0 Å². The number of hydrogen-bond acceptors (Lipinski definition) is 4. The van der Waals surface area contributed by atoms with Gasteiger partial charge in [-0.25, -0.2) is 9.37 Å². The van der Waals surface area contributed by atoms with Gasteiger partial charge in [-0.15, -0.1) is 0 Å². The second-order valence-electron chi connectivity index (χ2n) is 5.91. The van der Waals surface area contributed by atoms with Gasteiger partial charge < -0.3 is 10.2 Å². The summed E-state index contributed by atoms with van der Waals surface area (Å²) < 4.78 is 13.2. The average molecular weight is 300 g/mol. The normalized spacial score (nSPS) is 19.1. The maximum absolute atomic E-state index is 13.2. The molecule has 0 spiro atoms. The third-order valence-electron chi connectivity index (χ3n) is 4.06. The van der Waals surface area contributed by atoms with Crippen molar-refractivity contribution in [2.45, 2.75) is 25.3 Å². The summed E-state index contributed by atoms with van der Waals surface area (Å²) in [4.78, 5) is 11.3. The Bertz CT molecular complexity index is 632. The zero-order valence-corrected chi connectivity index (χ0v) is 12.8. The highest BCUT2D eigenvalue weighted by atomic mass is 19.1. The molecule has 4 nitrogen and oxygen atoms in total. The predicted molar refractivity (Wildman–Crippen MR) is 85.2 cm³/mol. The summed E-state index contributed by atoms with van der Waals surface area (Å²) in [7, 11) is 2.14. The fourth-order valence-corrected chi connectivity index (χ4v) is 2.91. The molecule has 1 aromatic carbocycles. The van der Waals surface area contributed by atoms with E-state index in [-0.39, 0.29) is 5.82 Å². The largest absolute Gasteiger partial charge is 0.365 e. The van der Waals surface area contributed by atoms with Crippen molar-refractivity contribution >= 4 is 5.82 Å². The molecular weight excluding hydrogens is 279 g/mol. The number of rotatable bonds is 4. The Morgan fingerprint density at radius 2 is 2.27 bits per heavy atom. The zero-order valence-electron chi connectivity index (χ0n) is 12.8. The molecule has 1 aliphatic rings. The van der Waals surface area contributed by atoms with Crippen LogP contribution in [0.5, 0.6) is 0 Å².